The van der Waals surface area contributed by atoms with Crippen LogP contribution in [0, 0.1) is 0 Å². The topological polar surface area (TPSA) is 108 Å². The molecule has 0 aliphatic carbocycles. The third-order valence-electron chi connectivity index (χ3n) is 2.48. The molecule has 1 unspecified atom stereocenters. The standard InChI is InChI=1S/C10H17N3O7/c1-10(2,3)19-9(16)17-6-18-13-12(20-13)11-5-4-7(11)8(14)15/h7H,4-6H2,1-3H3,(H,14,15). The second-order valence-corrected chi connectivity index (χ2v) is 5.23. The Bertz CT molecular complexity index is 480. The highest BCUT2D eigenvalue weighted by Crippen LogP contribution is 2.17. The van der Waals surface area contributed by atoms with E-state index in [0.29, 0.717) is 13.0 Å². The van der Waals surface area contributed by atoms with E-state index >= 15 is 0 Å². The summed E-state index contributed by atoms with van der Waals surface area (Å²) in [5, 5.41) is 11.2. The second kappa shape index (κ2) is 5.02. The third kappa shape index (κ3) is 3.39. The van der Waals surface area contributed by atoms with E-state index in [2.05, 4.69) is 4.74 Å². The van der Waals surface area contributed by atoms with Gasteiger partial charge in [0.1, 0.15) is 16.7 Å². The lowest BCUT2D eigenvalue weighted by Gasteiger charge is -2.33. The first-order chi connectivity index (χ1) is 9.28. The van der Waals surface area contributed by atoms with Crippen LogP contribution in [-0.2, 0) is 14.3 Å². The first-order valence-electron chi connectivity index (χ1n) is 6.04. The maximum Gasteiger partial charge on any atom is 0.511 e. The predicted molar refractivity (Wildman–Crippen MR) is 62.6 cm³/mol. The predicted octanol–water partition coefficient (Wildman–Crippen LogP) is 0.0153. The lowest BCUT2D eigenvalue weighted by molar-refractivity contribution is -0.141. The van der Waals surface area contributed by atoms with Crippen molar-refractivity contribution in [2.45, 2.75) is 38.8 Å². The van der Waals surface area contributed by atoms with E-state index in [-0.39, 0.29) is 0 Å². The molecule has 10 heteroatoms. The van der Waals surface area contributed by atoms with E-state index in [1.54, 1.807) is 20.8 Å². The number of nitrogens with zero attached hydrogens (tertiary/aromatic N) is 3. The molecule has 2 rings (SSSR count). The van der Waals surface area contributed by atoms with Gasteiger partial charge in [0, 0.05) is 6.54 Å². The molecule has 0 amide bonds. The molecule has 0 bridgehead atoms. The van der Waals surface area contributed by atoms with Crippen LogP contribution in [0.25, 0.3) is 0 Å². The number of carboxylic acid groups (broad SMARTS) is 1. The Morgan fingerprint density at radius 2 is 2.10 bits per heavy atom. The van der Waals surface area contributed by atoms with Gasteiger partial charge in [0.2, 0.25) is 0 Å². The van der Waals surface area contributed by atoms with Crippen molar-refractivity contribution >= 4 is 12.1 Å². The van der Waals surface area contributed by atoms with Gasteiger partial charge in [-0.15, -0.1) is 0 Å². The van der Waals surface area contributed by atoms with Crippen LogP contribution in [0.15, 0.2) is 4.63 Å². The van der Waals surface area contributed by atoms with Crippen molar-refractivity contribution in [3.8, 4) is 0 Å². The molecule has 1 aromatic rings. The SMILES string of the molecule is CC(C)(C)OC(=O)OCOn1on1N1CCC1C(=O)O. The molecule has 1 aliphatic rings. The fourth-order valence-electron chi connectivity index (χ4n) is 1.49. The van der Waals surface area contributed by atoms with Gasteiger partial charge in [-0.1, -0.05) is 0 Å². The normalized spacial score (nSPS) is 18.6. The van der Waals surface area contributed by atoms with Crippen LogP contribution < -0.4 is 9.85 Å². The number of aromatic nitrogens is 2. The molecular formula is C10H17N3O7. The van der Waals surface area contributed by atoms with E-state index in [9.17, 15) is 9.59 Å². The molecule has 0 radical (unpaired) electrons. The first kappa shape index (κ1) is 14.2. The minimum Gasteiger partial charge on any atom is -0.480 e. The first-order valence-corrected chi connectivity index (χ1v) is 6.04. The number of aliphatic carboxylic acids is 1. The summed E-state index contributed by atoms with van der Waals surface area (Å²) in [4.78, 5) is 28.1. The van der Waals surface area contributed by atoms with Crippen LogP contribution in [-0.4, -0.2) is 52.2 Å². The monoisotopic (exact) mass is 291 g/mol. The Morgan fingerprint density at radius 3 is 2.60 bits per heavy atom. The molecule has 20 heavy (non-hydrogen) atoms. The molecule has 0 spiro atoms. The van der Waals surface area contributed by atoms with Crippen LogP contribution in [0.4, 0.5) is 4.79 Å². The summed E-state index contributed by atoms with van der Waals surface area (Å²) in [6.45, 7) is 5.27. The largest absolute Gasteiger partial charge is 0.511 e. The molecule has 10 nitrogen and oxygen atoms in total. The summed E-state index contributed by atoms with van der Waals surface area (Å²) in [5.74, 6) is -0.934. The van der Waals surface area contributed by atoms with Gasteiger partial charge in [0.05, 0.1) is 4.96 Å². The summed E-state index contributed by atoms with van der Waals surface area (Å²) >= 11 is 0. The third-order valence-corrected chi connectivity index (χ3v) is 2.48. The van der Waals surface area contributed by atoms with Gasteiger partial charge in [0.15, 0.2) is 0 Å². The van der Waals surface area contributed by atoms with E-state index in [1.165, 1.54) is 5.01 Å². The van der Waals surface area contributed by atoms with E-state index in [4.69, 9.17) is 19.3 Å². The Morgan fingerprint density at radius 1 is 1.40 bits per heavy atom. The van der Waals surface area contributed by atoms with Crippen LogP contribution in [0.3, 0.4) is 0 Å². The molecule has 1 fully saturated rings. The summed E-state index contributed by atoms with van der Waals surface area (Å²) in [6.07, 6.45) is -0.324. The van der Waals surface area contributed by atoms with Crippen molar-refractivity contribution in [3.63, 3.8) is 0 Å². The van der Waals surface area contributed by atoms with Crippen molar-refractivity contribution in [1.82, 2.24) is 9.98 Å². The Labute approximate surface area is 114 Å². The van der Waals surface area contributed by atoms with Crippen molar-refractivity contribution in [3.05, 3.63) is 0 Å². The number of rotatable bonds is 5. The maximum atomic E-state index is 11.2. The lowest BCUT2D eigenvalue weighted by Crippen LogP contribution is -2.57. The number of hydrogen-bond acceptors (Lipinski definition) is 7. The van der Waals surface area contributed by atoms with Gasteiger partial charge in [-0.25, -0.2) is 14.6 Å². The number of hydrogen-bond donors (Lipinski definition) is 1. The summed E-state index contributed by atoms with van der Waals surface area (Å²) in [5.41, 5.74) is -0.647. The minimum atomic E-state index is -0.934. The number of carboxylic acids is 1. The smallest absolute Gasteiger partial charge is 0.480 e. The number of carbonyl (C=O) groups excluding carboxylic acids is 1. The zero-order valence-electron chi connectivity index (χ0n) is 11.4. The van der Waals surface area contributed by atoms with Crippen molar-refractivity contribution in [2.24, 2.45) is 0 Å². The van der Waals surface area contributed by atoms with Crippen LogP contribution >= 0.6 is 0 Å². The molecular weight excluding hydrogens is 274 g/mol. The number of ether oxygens (including phenoxy) is 2. The molecule has 0 aromatic carbocycles. The van der Waals surface area contributed by atoms with Crippen molar-refractivity contribution in [2.75, 3.05) is 18.3 Å². The lowest BCUT2D eigenvalue weighted by atomic mass is 10.1. The molecule has 114 valence electrons. The van der Waals surface area contributed by atoms with Crippen LogP contribution in [0.5, 0.6) is 0 Å². The number of carbonyl (C=O) groups is 2. The Balaban J connectivity index is 1.68. The van der Waals surface area contributed by atoms with E-state index in [1.807, 2.05) is 0 Å². The minimum absolute atomic E-state index is 0.406. The molecule has 1 aromatic heterocycles. The molecule has 0 saturated carbocycles. The van der Waals surface area contributed by atoms with Crippen molar-refractivity contribution < 1.29 is 33.6 Å². The van der Waals surface area contributed by atoms with Gasteiger partial charge < -0.3 is 19.4 Å². The molecule has 1 N–H and O–H groups in total. The average Bonchev–Trinajstić information content (AvgIpc) is 2.91. The highest BCUT2D eigenvalue weighted by molar-refractivity contribution is 5.77. The molecule has 1 aliphatic heterocycles. The summed E-state index contributed by atoms with van der Waals surface area (Å²) in [6, 6.07) is -0.629. The van der Waals surface area contributed by atoms with Crippen LogP contribution in [0.1, 0.15) is 27.2 Å². The highest BCUT2D eigenvalue weighted by atomic mass is 17.0. The fraction of sp³-hybridized carbons (Fsp3) is 0.800. The van der Waals surface area contributed by atoms with Gasteiger partial charge in [-0.3, -0.25) is 0 Å². The van der Waals surface area contributed by atoms with Gasteiger partial charge in [0.25, 0.3) is 6.79 Å². The maximum absolute atomic E-state index is 11.2. The van der Waals surface area contributed by atoms with Crippen LogP contribution in [0.2, 0.25) is 0 Å². The Hall–Kier alpha value is -2.26. The summed E-state index contributed by atoms with van der Waals surface area (Å²) < 4.78 is 14.4. The molecule has 2 heterocycles. The highest BCUT2D eigenvalue weighted by Gasteiger charge is 2.40. The summed E-state index contributed by atoms with van der Waals surface area (Å²) in [7, 11) is 0. The molecule has 1 saturated heterocycles. The Kier molecular flexibility index (Phi) is 3.55. The van der Waals surface area contributed by atoms with Gasteiger partial charge in [-0.2, -0.15) is 4.63 Å². The van der Waals surface area contributed by atoms with Gasteiger partial charge in [-0.05, 0) is 27.2 Å². The zero-order chi connectivity index (χ0) is 14.9. The second-order valence-electron chi connectivity index (χ2n) is 5.23. The fourth-order valence-corrected chi connectivity index (χ4v) is 1.49. The average molecular weight is 291 g/mol. The van der Waals surface area contributed by atoms with Crippen molar-refractivity contribution in [1.29, 1.82) is 0 Å². The quantitative estimate of drug-likeness (QED) is 0.597. The van der Waals surface area contributed by atoms with E-state index in [0.717, 1.165) is 9.98 Å². The zero-order valence-corrected chi connectivity index (χ0v) is 11.4. The van der Waals surface area contributed by atoms with E-state index < -0.39 is 30.6 Å². The molecule has 1 atom stereocenters. The van der Waals surface area contributed by atoms with Gasteiger partial charge >= 0.3 is 12.1 Å².